The molecule has 1 aromatic rings. The van der Waals surface area contributed by atoms with Gasteiger partial charge >= 0.3 is 0 Å². The first kappa shape index (κ1) is 13.3. The fraction of sp³-hybridized carbons (Fsp3) is 0.562. The SMILES string of the molecule is CCC1Oc2cc(N)ccc2NC1=NC1CCCCC1. The lowest BCUT2D eigenvalue weighted by atomic mass is 9.96. The highest BCUT2D eigenvalue weighted by Crippen LogP contribution is 2.33. The number of nitrogens with one attached hydrogen (secondary N) is 1. The van der Waals surface area contributed by atoms with Gasteiger partial charge in [-0.15, -0.1) is 0 Å². The van der Waals surface area contributed by atoms with E-state index < -0.39 is 0 Å². The van der Waals surface area contributed by atoms with Crippen LogP contribution in [-0.2, 0) is 0 Å². The number of fused-ring (bicyclic) bond motifs is 1. The lowest BCUT2D eigenvalue weighted by Crippen LogP contribution is -2.38. The lowest BCUT2D eigenvalue weighted by Gasteiger charge is -2.30. The number of nitrogens with zero attached hydrogens (tertiary/aromatic N) is 1. The first-order valence-electron chi connectivity index (χ1n) is 7.67. The fourth-order valence-corrected chi connectivity index (χ4v) is 2.97. The Labute approximate surface area is 120 Å². The average Bonchev–Trinajstić information content (AvgIpc) is 2.48. The third-order valence-corrected chi connectivity index (χ3v) is 4.11. The molecule has 0 radical (unpaired) electrons. The molecule has 1 aliphatic heterocycles. The second-order valence-corrected chi connectivity index (χ2v) is 5.70. The normalized spacial score (nSPS) is 24.9. The molecule has 1 aromatic carbocycles. The summed E-state index contributed by atoms with van der Waals surface area (Å²) in [6, 6.07) is 6.19. The molecule has 1 aliphatic carbocycles. The smallest absolute Gasteiger partial charge is 0.155 e. The van der Waals surface area contributed by atoms with E-state index in [2.05, 4.69) is 12.2 Å². The molecule has 20 heavy (non-hydrogen) atoms. The van der Waals surface area contributed by atoms with Gasteiger partial charge in [-0.25, -0.2) is 0 Å². The van der Waals surface area contributed by atoms with Gasteiger partial charge in [-0.05, 0) is 31.4 Å². The maximum atomic E-state index is 6.04. The predicted octanol–water partition coefficient (Wildman–Crippen LogP) is 3.58. The van der Waals surface area contributed by atoms with Crippen LogP contribution in [0.25, 0.3) is 0 Å². The van der Waals surface area contributed by atoms with Crippen LogP contribution < -0.4 is 15.8 Å². The summed E-state index contributed by atoms with van der Waals surface area (Å²) in [6.07, 6.45) is 7.29. The number of nitrogens with two attached hydrogens (primary N) is 1. The summed E-state index contributed by atoms with van der Waals surface area (Å²) in [5, 5.41) is 3.44. The Balaban J connectivity index is 1.83. The number of benzene rings is 1. The molecule has 1 heterocycles. The first-order valence-corrected chi connectivity index (χ1v) is 7.67. The molecule has 0 amide bonds. The number of aliphatic imine (C=N–C) groups is 1. The summed E-state index contributed by atoms with van der Waals surface area (Å²) in [4.78, 5) is 4.92. The van der Waals surface area contributed by atoms with Crippen LogP contribution in [0, 0.1) is 0 Å². The molecule has 1 atom stereocenters. The molecule has 3 N–H and O–H groups in total. The summed E-state index contributed by atoms with van der Waals surface area (Å²) in [6.45, 7) is 2.13. The van der Waals surface area contributed by atoms with Gasteiger partial charge in [0.2, 0.25) is 0 Å². The summed E-state index contributed by atoms with van der Waals surface area (Å²) in [5.41, 5.74) is 7.52. The van der Waals surface area contributed by atoms with Crippen molar-refractivity contribution in [3.05, 3.63) is 18.2 Å². The van der Waals surface area contributed by atoms with E-state index in [1.54, 1.807) is 0 Å². The highest BCUT2D eigenvalue weighted by molar-refractivity contribution is 6.02. The summed E-state index contributed by atoms with van der Waals surface area (Å²) in [5.74, 6) is 1.82. The van der Waals surface area contributed by atoms with Gasteiger partial charge in [0.25, 0.3) is 0 Å². The third-order valence-electron chi connectivity index (χ3n) is 4.11. The number of rotatable bonds is 2. The standard InChI is InChI=1S/C16H23N3O/c1-2-14-16(18-12-6-4-3-5-7-12)19-13-9-8-11(17)10-15(13)20-14/h8-10,12,14H,2-7,17H2,1H3,(H,18,19). The van der Waals surface area contributed by atoms with Crippen molar-refractivity contribution < 1.29 is 4.74 Å². The van der Waals surface area contributed by atoms with Crippen LogP contribution in [0.15, 0.2) is 23.2 Å². The second kappa shape index (κ2) is 5.73. The fourth-order valence-electron chi connectivity index (χ4n) is 2.97. The Morgan fingerprint density at radius 1 is 1.30 bits per heavy atom. The van der Waals surface area contributed by atoms with Gasteiger partial charge in [0, 0.05) is 11.8 Å². The zero-order valence-electron chi connectivity index (χ0n) is 12.1. The molecular formula is C16H23N3O. The molecule has 3 rings (SSSR count). The Hall–Kier alpha value is -1.71. The molecule has 1 unspecified atom stereocenters. The van der Waals surface area contributed by atoms with Crippen LogP contribution in [-0.4, -0.2) is 18.0 Å². The molecule has 0 bridgehead atoms. The Morgan fingerprint density at radius 3 is 2.85 bits per heavy atom. The zero-order valence-corrected chi connectivity index (χ0v) is 12.1. The molecule has 4 heteroatoms. The molecule has 108 valence electrons. The monoisotopic (exact) mass is 273 g/mol. The maximum Gasteiger partial charge on any atom is 0.155 e. The Kier molecular flexibility index (Phi) is 3.81. The molecule has 0 spiro atoms. The highest BCUT2D eigenvalue weighted by Gasteiger charge is 2.25. The van der Waals surface area contributed by atoms with Crippen LogP contribution in [0.3, 0.4) is 0 Å². The van der Waals surface area contributed by atoms with Crippen LogP contribution in [0.1, 0.15) is 45.4 Å². The number of nitrogen functional groups attached to an aromatic ring is 1. The van der Waals surface area contributed by atoms with Gasteiger partial charge in [-0.3, -0.25) is 4.99 Å². The second-order valence-electron chi connectivity index (χ2n) is 5.70. The Morgan fingerprint density at radius 2 is 2.10 bits per heavy atom. The van der Waals surface area contributed by atoms with Crippen molar-refractivity contribution in [1.82, 2.24) is 0 Å². The van der Waals surface area contributed by atoms with Crippen LogP contribution >= 0.6 is 0 Å². The van der Waals surface area contributed by atoms with E-state index >= 15 is 0 Å². The van der Waals surface area contributed by atoms with Crippen LogP contribution in [0.2, 0.25) is 0 Å². The average molecular weight is 273 g/mol. The van der Waals surface area contributed by atoms with Crippen molar-refractivity contribution >= 4 is 17.2 Å². The molecule has 0 saturated heterocycles. The van der Waals surface area contributed by atoms with Crippen molar-refractivity contribution in [3.63, 3.8) is 0 Å². The van der Waals surface area contributed by atoms with Gasteiger partial charge in [-0.2, -0.15) is 0 Å². The summed E-state index contributed by atoms with van der Waals surface area (Å²) in [7, 11) is 0. The van der Waals surface area contributed by atoms with Crippen LogP contribution in [0.4, 0.5) is 11.4 Å². The van der Waals surface area contributed by atoms with E-state index in [0.717, 1.165) is 29.4 Å². The van der Waals surface area contributed by atoms with Gasteiger partial charge in [-0.1, -0.05) is 26.2 Å². The summed E-state index contributed by atoms with van der Waals surface area (Å²) < 4.78 is 6.04. The van der Waals surface area contributed by atoms with Gasteiger partial charge < -0.3 is 15.8 Å². The zero-order chi connectivity index (χ0) is 13.9. The van der Waals surface area contributed by atoms with E-state index in [-0.39, 0.29) is 6.10 Å². The summed E-state index contributed by atoms with van der Waals surface area (Å²) >= 11 is 0. The molecule has 1 fully saturated rings. The molecule has 0 aromatic heterocycles. The number of amidine groups is 1. The quantitative estimate of drug-likeness (QED) is 0.810. The van der Waals surface area contributed by atoms with E-state index in [9.17, 15) is 0 Å². The van der Waals surface area contributed by atoms with Gasteiger partial charge in [0.15, 0.2) is 6.10 Å². The number of ether oxygens (including phenoxy) is 1. The highest BCUT2D eigenvalue weighted by atomic mass is 16.5. The number of hydrogen-bond donors (Lipinski definition) is 2. The van der Waals surface area contributed by atoms with Crippen molar-refractivity contribution in [2.24, 2.45) is 4.99 Å². The molecule has 1 saturated carbocycles. The van der Waals surface area contributed by atoms with E-state index in [0.29, 0.717) is 6.04 Å². The van der Waals surface area contributed by atoms with Crippen molar-refractivity contribution in [3.8, 4) is 5.75 Å². The number of anilines is 2. The van der Waals surface area contributed by atoms with E-state index in [4.69, 9.17) is 15.5 Å². The lowest BCUT2D eigenvalue weighted by molar-refractivity contribution is 0.257. The van der Waals surface area contributed by atoms with Crippen molar-refractivity contribution in [2.45, 2.75) is 57.6 Å². The third kappa shape index (κ3) is 2.74. The molecule has 4 nitrogen and oxygen atoms in total. The largest absolute Gasteiger partial charge is 0.480 e. The maximum absolute atomic E-state index is 6.04. The minimum atomic E-state index is 0.0197. The predicted molar refractivity (Wildman–Crippen MR) is 83.5 cm³/mol. The first-order chi connectivity index (χ1) is 9.76. The number of hydrogen-bond acceptors (Lipinski definition) is 3. The topological polar surface area (TPSA) is 59.6 Å². The Bertz CT molecular complexity index is 506. The van der Waals surface area contributed by atoms with E-state index in [1.165, 1.54) is 32.1 Å². The van der Waals surface area contributed by atoms with Gasteiger partial charge in [0.05, 0.1) is 11.7 Å². The van der Waals surface area contributed by atoms with Gasteiger partial charge in [0.1, 0.15) is 11.6 Å². The molecule has 2 aliphatic rings. The van der Waals surface area contributed by atoms with Crippen LogP contribution in [0.5, 0.6) is 5.75 Å². The van der Waals surface area contributed by atoms with Crippen molar-refractivity contribution in [1.29, 1.82) is 0 Å². The van der Waals surface area contributed by atoms with Crippen molar-refractivity contribution in [2.75, 3.05) is 11.1 Å². The minimum absolute atomic E-state index is 0.0197. The molecular weight excluding hydrogens is 250 g/mol. The van der Waals surface area contributed by atoms with E-state index in [1.807, 2.05) is 18.2 Å². The minimum Gasteiger partial charge on any atom is -0.480 e.